The zero-order chi connectivity index (χ0) is 20.3. The quantitative estimate of drug-likeness (QED) is 0.576. The van der Waals surface area contributed by atoms with E-state index < -0.39 is 38.1 Å². The summed E-state index contributed by atoms with van der Waals surface area (Å²) < 4.78 is 12.0. The summed E-state index contributed by atoms with van der Waals surface area (Å²) in [6.45, 7) is 17.9. The highest BCUT2D eigenvalue weighted by Gasteiger charge is 2.46. The van der Waals surface area contributed by atoms with E-state index >= 15 is 0 Å². The molecule has 2 unspecified atom stereocenters. The molecular weight excluding hydrogens is 350 g/mol. The molecule has 26 heavy (non-hydrogen) atoms. The highest BCUT2D eigenvalue weighted by Crippen LogP contribution is 2.40. The van der Waals surface area contributed by atoms with E-state index in [-0.39, 0.29) is 11.0 Å². The van der Waals surface area contributed by atoms with E-state index in [0.29, 0.717) is 19.6 Å². The number of amides is 1. The lowest BCUT2D eigenvalue weighted by atomic mass is 9.81. The molecule has 0 bridgehead atoms. The Balaban J connectivity index is 3.16. The monoisotopic (exact) mass is 389 g/mol. The molecule has 4 atom stereocenters. The van der Waals surface area contributed by atoms with Crippen LogP contribution < -0.4 is 5.32 Å². The van der Waals surface area contributed by atoms with Gasteiger partial charge in [0, 0.05) is 13.2 Å². The minimum atomic E-state index is -2.20. The third-order valence-electron chi connectivity index (χ3n) is 5.75. The molecule has 1 aliphatic heterocycles. The van der Waals surface area contributed by atoms with Gasteiger partial charge in [-0.3, -0.25) is 0 Å². The topological polar surface area (TPSA) is 88.0 Å². The molecule has 0 aromatic heterocycles. The third-order valence-corrected chi connectivity index (χ3v) is 10.2. The highest BCUT2D eigenvalue weighted by atomic mass is 28.4. The highest BCUT2D eigenvalue weighted by molar-refractivity contribution is 6.74. The van der Waals surface area contributed by atoms with Gasteiger partial charge in [-0.25, -0.2) is 4.79 Å². The summed E-state index contributed by atoms with van der Waals surface area (Å²) in [7, 11) is -2.20. The normalized spacial score (nSPS) is 22.7. The van der Waals surface area contributed by atoms with Gasteiger partial charge in [0.25, 0.3) is 0 Å². The molecule has 6 nitrogen and oxygen atoms in total. The van der Waals surface area contributed by atoms with Crippen LogP contribution in [-0.4, -0.2) is 56.1 Å². The molecule has 0 saturated carbocycles. The maximum absolute atomic E-state index is 11.5. The fourth-order valence-electron chi connectivity index (χ4n) is 2.94. The molecule has 0 aromatic carbocycles. The molecule has 0 aliphatic carbocycles. The smallest absolute Gasteiger partial charge is 0.404 e. The summed E-state index contributed by atoms with van der Waals surface area (Å²) in [6.07, 6.45) is -0.933. The summed E-state index contributed by atoms with van der Waals surface area (Å²) in [5.41, 5.74) is -0.419. The van der Waals surface area contributed by atoms with Gasteiger partial charge in [-0.1, -0.05) is 41.5 Å². The van der Waals surface area contributed by atoms with E-state index in [2.05, 4.69) is 39.2 Å². The standard InChI is InChI=1S/C19H39NO5Si/c1-18(2,3)16(21)15(25-26(7,8)19(4,5)6)14(20-17(22)23)11-13-9-10-24-12-13/h13-16,20-21H,9-12H2,1-8H3,(H,22,23)/t13?,14-,15-,16?/m0/s1. The summed E-state index contributed by atoms with van der Waals surface area (Å²) in [5, 5.41) is 23.0. The number of nitrogens with one attached hydrogen (secondary N) is 1. The van der Waals surface area contributed by atoms with Crippen LogP contribution in [0.15, 0.2) is 0 Å². The van der Waals surface area contributed by atoms with Gasteiger partial charge >= 0.3 is 6.09 Å². The molecule has 1 rings (SSSR count). The molecule has 0 radical (unpaired) electrons. The van der Waals surface area contributed by atoms with E-state index in [4.69, 9.17) is 9.16 Å². The lowest BCUT2D eigenvalue weighted by Crippen LogP contribution is -2.58. The van der Waals surface area contributed by atoms with Crippen LogP contribution in [0, 0.1) is 11.3 Å². The van der Waals surface area contributed by atoms with Crippen LogP contribution in [-0.2, 0) is 9.16 Å². The molecule has 1 saturated heterocycles. The maximum Gasteiger partial charge on any atom is 0.404 e. The first-order chi connectivity index (χ1) is 11.6. The van der Waals surface area contributed by atoms with Crippen molar-refractivity contribution in [2.45, 2.75) is 90.8 Å². The number of ether oxygens (including phenoxy) is 1. The predicted molar refractivity (Wildman–Crippen MR) is 106 cm³/mol. The van der Waals surface area contributed by atoms with Crippen LogP contribution in [0.5, 0.6) is 0 Å². The van der Waals surface area contributed by atoms with Crippen molar-refractivity contribution in [2.75, 3.05) is 13.2 Å². The Morgan fingerprint density at radius 1 is 1.27 bits per heavy atom. The Morgan fingerprint density at radius 2 is 1.85 bits per heavy atom. The molecule has 154 valence electrons. The van der Waals surface area contributed by atoms with Crippen LogP contribution >= 0.6 is 0 Å². The van der Waals surface area contributed by atoms with Gasteiger partial charge in [0.05, 0.1) is 18.2 Å². The molecule has 1 amide bonds. The fraction of sp³-hybridized carbons (Fsp3) is 0.947. The van der Waals surface area contributed by atoms with Crippen LogP contribution in [0.2, 0.25) is 18.1 Å². The second-order valence-electron chi connectivity index (χ2n) is 10.2. The van der Waals surface area contributed by atoms with Crippen molar-refractivity contribution >= 4 is 14.4 Å². The number of aliphatic hydroxyl groups excluding tert-OH is 1. The van der Waals surface area contributed by atoms with E-state index in [1.54, 1.807) is 0 Å². The van der Waals surface area contributed by atoms with Crippen LogP contribution in [0.1, 0.15) is 54.4 Å². The van der Waals surface area contributed by atoms with Gasteiger partial charge in [0.2, 0.25) is 0 Å². The molecule has 0 spiro atoms. The van der Waals surface area contributed by atoms with Crippen molar-refractivity contribution in [3.63, 3.8) is 0 Å². The lowest BCUT2D eigenvalue weighted by Gasteiger charge is -2.45. The molecule has 1 fully saturated rings. The molecule has 7 heteroatoms. The summed E-state index contributed by atoms with van der Waals surface area (Å²) in [4.78, 5) is 11.5. The molecule has 0 aromatic rings. The number of rotatable bonds is 7. The number of carbonyl (C=O) groups is 1. The number of aliphatic hydroxyl groups is 1. The SMILES string of the molecule is CC(C)(C)C(O)[C@@H](O[Si](C)(C)C(C)(C)C)[C@H](CC1CCOC1)NC(=O)O. The Hall–Kier alpha value is -0.633. The van der Waals surface area contributed by atoms with Gasteiger partial charge in [-0.05, 0) is 42.3 Å². The first-order valence-corrected chi connectivity index (χ1v) is 12.5. The Morgan fingerprint density at radius 3 is 2.23 bits per heavy atom. The van der Waals surface area contributed by atoms with Crippen molar-refractivity contribution in [3.05, 3.63) is 0 Å². The zero-order valence-corrected chi connectivity index (χ0v) is 18.8. The van der Waals surface area contributed by atoms with Gasteiger partial charge < -0.3 is 24.7 Å². The second kappa shape index (κ2) is 8.58. The molecule has 1 aliphatic rings. The van der Waals surface area contributed by atoms with Gasteiger partial charge in [-0.2, -0.15) is 0 Å². The Labute approximate surface area is 159 Å². The average molecular weight is 390 g/mol. The number of carboxylic acid groups (broad SMARTS) is 1. The fourth-order valence-corrected chi connectivity index (χ4v) is 4.27. The first-order valence-electron chi connectivity index (χ1n) is 9.58. The Kier molecular flexibility index (Phi) is 7.73. The van der Waals surface area contributed by atoms with Crippen LogP contribution in [0.4, 0.5) is 4.79 Å². The van der Waals surface area contributed by atoms with Crippen LogP contribution in [0.3, 0.4) is 0 Å². The number of hydrogen-bond donors (Lipinski definition) is 3. The maximum atomic E-state index is 11.5. The van der Waals surface area contributed by atoms with E-state index in [1.807, 2.05) is 20.8 Å². The minimum Gasteiger partial charge on any atom is -0.465 e. The summed E-state index contributed by atoms with van der Waals surface area (Å²) in [6, 6.07) is -0.470. The zero-order valence-electron chi connectivity index (χ0n) is 17.8. The third kappa shape index (κ3) is 6.51. The van der Waals surface area contributed by atoms with Gasteiger partial charge in [0.1, 0.15) is 0 Å². The van der Waals surface area contributed by atoms with E-state index in [0.717, 1.165) is 6.42 Å². The van der Waals surface area contributed by atoms with E-state index in [9.17, 15) is 15.0 Å². The largest absolute Gasteiger partial charge is 0.465 e. The van der Waals surface area contributed by atoms with Gasteiger partial charge in [-0.15, -0.1) is 0 Å². The molecule has 3 N–H and O–H groups in total. The predicted octanol–water partition coefficient (Wildman–Crippen LogP) is 3.85. The number of hydrogen-bond acceptors (Lipinski definition) is 4. The Bertz CT molecular complexity index is 464. The minimum absolute atomic E-state index is 0.0346. The summed E-state index contributed by atoms with van der Waals surface area (Å²) >= 11 is 0. The summed E-state index contributed by atoms with van der Waals surface area (Å²) in [5.74, 6) is 0.282. The first kappa shape index (κ1) is 23.4. The van der Waals surface area contributed by atoms with Crippen molar-refractivity contribution in [1.29, 1.82) is 0 Å². The van der Waals surface area contributed by atoms with Crippen molar-refractivity contribution < 1.29 is 24.2 Å². The van der Waals surface area contributed by atoms with E-state index in [1.165, 1.54) is 0 Å². The molecule has 1 heterocycles. The van der Waals surface area contributed by atoms with Crippen molar-refractivity contribution in [2.24, 2.45) is 11.3 Å². The molecular formula is C19H39NO5Si. The van der Waals surface area contributed by atoms with Crippen LogP contribution in [0.25, 0.3) is 0 Å². The lowest BCUT2D eigenvalue weighted by molar-refractivity contribution is -0.0555. The van der Waals surface area contributed by atoms with Crippen molar-refractivity contribution in [3.8, 4) is 0 Å². The van der Waals surface area contributed by atoms with Crippen molar-refractivity contribution in [1.82, 2.24) is 5.32 Å². The average Bonchev–Trinajstić information content (AvgIpc) is 2.93. The second-order valence-corrected chi connectivity index (χ2v) is 14.9. The van der Waals surface area contributed by atoms with Gasteiger partial charge in [0.15, 0.2) is 8.32 Å².